The first-order valence-electron chi connectivity index (χ1n) is 12.6. The molecule has 9 heteroatoms. The lowest BCUT2D eigenvalue weighted by Crippen LogP contribution is -2.73. The van der Waals surface area contributed by atoms with E-state index in [1.54, 1.807) is 45.0 Å². The van der Waals surface area contributed by atoms with Crippen LogP contribution in [0.5, 0.6) is 0 Å². The van der Waals surface area contributed by atoms with Gasteiger partial charge < -0.3 is 25.8 Å². The van der Waals surface area contributed by atoms with Gasteiger partial charge >= 0.3 is 12.2 Å². The molecule has 0 aliphatic rings. The molecule has 0 aromatic heterocycles. The fraction of sp³-hybridized carbons (Fsp3) is 0.500. The summed E-state index contributed by atoms with van der Waals surface area (Å²) in [5.74, 6) is 0. The van der Waals surface area contributed by atoms with Crippen LogP contribution in [0.4, 0.5) is 9.59 Å². The van der Waals surface area contributed by atoms with Gasteiger partial charge in [-0.1, -0.05) is 61.5 Å². The van der Waals surface area contributed by atoms with Gasteiger partial charge in [-0.05, 0) is 63.6 Å². The van der Waals surface area contributed by atoms with Crippen molar-refractivity contribution in [2.75, 3.05) is 0 Å². The smallest absolute Gasteiger partial charge is 0.410 e. The number of hydrogen-bond acceptors (Lipinski definition) is 6. The predicted molar refractivity (Wildman–Crippen MR) is 142 cm³/mol. The molecule has 37 heavy (non-hydrogen) atoms. The van der Waals surface area contributed by atoms with E-state index in [9.17, 15) is 24.9 Å². The van der Waals surface area contributed by atoms with Crippen molar-refractivity contribution < 1.29 is 29.6 Å². The molecule has 9 nitrogen and oxygen atoms in total. The lowest BCUT2D eigenvalue weighted by Gasteiger charge is -2.46. The molecular weight excluding hydrogens is 474 g/mol. The number of nitrogens with zero attached hydrogens (tertiary/aromatic N) is 1. The number of aryl methyl sites for hydroxylation is 2. The Kier molecular flexibility index (Phi) is 10.5. The molecule has 2 aromatic carbocycles. The molecule has 0 heterocycles. The minimum absolute atomic E-state index is 0.0598. The Balaban J connectivity index is 2.46. The van der Waals surface area contributed by atoms with E-state index in [-0.39, 0.29) is 12.8 Å². The molecule has 6 N–H and O–H groups in total. The third-order valence-corrected chi connectivity index (χ3v) is 6.22. The number of nitrogens with one attached hydrogen (secondary N) is 1. The highest BCUT2D eigenvalue weighted by Gasteiger charge is 2.47. The Hall–Kier alpha value is -3.14. The molecule has 0 aliphatic heterocycles. The molecule has 2 amide bonds. The van der Waals surface area contributed by atoms with Crippen LogP contribution in [0, 0.1) is 0 Å². The molecule has 0 bridgehead atoms. The normalized spacial score (nSPS) is 15.7. The molecule has 4 atom stereocenters. The highest BCUT2D eigenvalue weighted by atomic mass is 16.6. The number of amides is 2. The summed E-state index contributed by atoms with van der Waals surface area (Å²) in [6.07, 6.45) is -5.31. The summed E-state index contributed by atoms with van der Waals surface area (Å²) in [5.41, 5.74) is 6.67. The number of hydrogen-bond donors (Lipinski definition) is 5. The van der Waals surface area contributed by atoms with Gasteiger partial charge in [-0.15, -0.1) is 0 Å². The number of benzene rings is 2. The zero-order chi connectivity index (χ0) is 27.8. The Morgan fingerprint density at radius 3 is 2.11 bits per heavy atom. The van der Waals surface area contributed by atoms with Crippen molar-refractivity contribution in [3.05, 3.63) is 71.3 Å². The van der Waals surface area contributed by atoms with E-state index in [2.05, 4.69) is 5.32 Å². The lowest BCUT2D eigenvalue weighted by atomic mass is 9.92. The van der Waals surface area contributed by atoms with Crippen LogP contribution in [0.2, 0.25) is 0 Å². The third-order valence-electron chi connectivity index (χ3n) is 6.22. The van der Waals surface area contributed by atoms with Crippen molar-refractivity contribution in [1.29, 1.82) is 0 Å². The van der Waals surface area contributed by atoms with Gasteiger partial charge in [0.15, 0.2) is 0 Å². The maximum atomic E-state index is 12.8. The molecule has 204 valence electrons. The fourth-order valence-corrected chi connectivity index (χ4v) is 4.28. The van der Waals surface area contributed by atoms with E-state index in [1.807, 2.05) is 37.3 Å². The van der Waals surface area contributed by atoms with E-state index < -0.39 is 41.8 Å². The summed E-state index contributed by atoms with van der Waals surface area (Å²) >= 11 is 0. The highest BCUT2D eigenvalue weighted by Crippen LogP contribution is 2.26. The predicted octanol–water partition coefficient (Wildman–Crippen LogP) is 3.65. The highest BCUT2D eigenvalue weighted by molar-refractivity contribution is 5.71. The van der Waals surface area contributed by atoms with Crippen LogP contribution in [0.15, 0.2) is 54.6 Å². The van der Waals surface area contributed by atoms with Gasteiger partial charge in [-0.25, -0.2) is 9.59 Å². The molecule has 0 saturated heterocycles. The molecular formula is C28H41N3O6. The van der Waals surface area contributed by atoms with Crippen LogP contribution >= 0.6 is 0 Å². The van der Waals surface area contributed by atoms with Crippen LogP contribution in [0.25, 0.3) is 0 Å². The van der Waals surface area contributed by atoms with E-state index in [1.165, 1.54) is 6.92 Å². The average molecular weight is 516 g/mol. The van der Waals surface area contributed by atoms with Crippen molar-refractivity contribution in [3.63, 3.8) is 0 Å². The summed E-state index contributed by atoms with van der Waals surface area (Å²) in [7, 11) is 0. The molecule has 4 unspecified atom stereocenters. The van der Waals surface area contributed by atoms with Crippen molar-refractivity contribution in [2.24, 2.45) is 5.73 Å². The zero-order valence-corrected chi connectivity index (χ0v) is 22.3. The van der Waals surface area contributed by atoms with Gasteiger partial charge in [0.25, 0.3) is 0 Å². The summed E-state index contributed by atoms with van der Waals surface area (Å²) in [4.78, 5) is 26.2. The van der Waals surface area contributed by atoms with E-state index >= 15 is 0 Å². The van der Waals surface area contributed by atoms with Gasteiger partial charge in [-0.3, -0.25) is 10.2 Å². The van der Waals surface area contributed by atoms with Crippen LogP contribution in [0.3, 0.4) is 0 Å². The Morgan fingerprint density at radius 1 is 1.03 bits per heavy atom. The largest absolute Gasteiger partial charge is 0.465 e. The molecule has 0 saturated carbocycles. The summed E-state index contributed by atoms with van der Waals surface area (Å²) in [5, 5.41) is 34.8. The number of rotatable bonds is 11. The minimum Gasteiger partial charge on any atom is -0.465 e. The molecule has 2 aromatic rings. The SMILES string of the molecule is CCc1ccccc1CCC(O)C(NC(=O)OC(C)(C)C)N(C(=O)O)C(N)(Cc1ccccc1)C(C)O. The first kappa shape index (κ1) is 30.1. The van der Waals surface area contributed by atoms with E-state index in [4.69, 9.17) is 10.5 Å². The molecule has 0 spiro atoms. The number of nitrogens with two attached hydrogens (primary N) is 1. The zero-order valence-electron chi connectivity index (χ0n) is 22.3. The standard InChI is InChI=1S/C28H41N3O6/c1-6-21-14-10-11-15-22(21)16-17-23(33)24(30-25(34)37-27(3,4)5)31(26(35)36)28(29,19(2)32)18-20-12-8-7-9-13-20/h7-15,19,23-24,32-33H,6,16-18,29H2,1-5H3,(H,30,34)(H,35,36). The Bertz CT molecular complexity index is 1020. The summed E-state index contributed by atoms with van der Waals surface area (Å²) < 4.78 is 5.35. The molecule has 0 fully saturated rings. The quantitative estimate of drug-likeness (QED) is 0.287. The molecule has 0 aliphatic carbocycles. The summed E-state index contributed by atoms with van der Waals surface area (Å²) in [6.45, 7) is 8.43. The van der Waals surface area contributed by atoms with Gasteiger partial charge in [-0.2, -0.15) is 0 Å². The van der Waals surface area contributed by atoms with Gasteiger partial charge in [0.1, 0.15) is 17.4 Å². The van der Waals surface area contributed by atoms with Gasteiger partial charge in [0.05, 0.1) is 12.2 Å². The van der Waals surface area contributed by atoms with Crippen LogP contribution in [0.1, 0.15) is 57.7 Å². The number of carboxylic acid groups (broad SMARTS) is 1. The van der Waals surface area contributed by atoms with Crippen LogP contribution < -0.4 is 11.1 Å². The van der Waals surface area contributed by atoms with Crippen molar-refractivity contribution >= 4 is 12.2 Å². The maximum Gasteiger partial charge on any atom is 0.410 e. The minimum atomic E-state index is -1.88. The first-order valence-corrected chi connectivity index (χ1v) is 12.6. The number of ether oxygens (including phenoxy) is 1. The van der Waals surface area contributed by atoms with Crippen molar-refractivity contribution in [1.82, 2.24) is 10.2 Å². The van der Waals surface area contributed by atoms with Crippen LogP contribution in [-0.2, 0) is 24.0 Å². The fourth-order valence-electron chi connectivity index (χ4n) is 4.28. The second kappa shape index (κ2) is 12.9. The number of aliphatic hydroxyl groups excluding tert-OH is 2. The number of aliphatic hydroxyl groups is 2. The first-order chi connectivity index (χ1) is 17.3. The molecule has 0 radical (unpaired) electrons. The number of alkyl carbamates (subject to hydrolysis) is 1. The number of carbonyl (C=O) groups excluding carboxylic acids is 1. The van der Waals surface area contributed by atoms with Crippen molar-refractivity contribution in [2.45, 2.75) is 89.9 Å². The summed E-state index contributed by atoms with van der Waals surface area (Å²) in [6, 6.07) is 16.7. The van der Waals surface area contributed by atoms with Crippen molar-refractivity contribution in [3.8, 4) is 0 Å². The Morgan fingerprint density at radius 2 is 1.59 bits per heavy atom. The number of carbonyl (C=O) groups is 2. The average Bonchev–Trinajstić information content (AvgIpc) is 2.81. The topological polar surface area (TPSA) is 145 Å². The lowest BCUT2D eigenvalue weighted by molar-refractivity contribution is -0.0714. The van der Waals surface area contributed by atoms with Crippen LogP contribution in [-0.4, -0.2) is 62.0 Å². The maximum absolute atomic E-state index is 12.8. The van der Waals surface area contributed by atoms with Gasteiger partial charge in [0.2, 0.25) is 0 Å². The Labute approximate surface area is 219 Å². The van der Waals surface area contributed by atoms with E-state index in [0.29, 0.717) is 12.0 Å². The third kappa shape index (κ3) is 8.45. The van der Waals surface area contributed by atoms with E-state index in [0.717, 1.165) is 22.4 Å². The second-order valence-corrected chi connectivity index (χ2v) is 10.3. The second-order valence-electron chi connectivity index (χ2n) is 10.3. The monoisotopic (exact) mass is 515 g/mol. The van der Waals surface area contributed by atoms with Gasteiger partial charge in [0, 0.05) is 6.42 Å². The molecule has 2 rings (SSSR count).